The molecule has 0 radical (unpaired) electrons. The van der Waals surface area contributed by atoms with Crippen LogP contribution in [0, 0.1) is 6.92 Å². The molecule has 1 fully saturated rings. The average Bonchev–Trinajstić information content (AvgIpc) is 3.00. The van der Waals surface area contributed by atoms with E-state index in [0.717, 1.165) is 54.8 Å². The lowest BCUT2D eigenvalue weighted by molar-refractivity contribution is 0.0767. The lowest BCUT2D eigenvalue weighted by Gasteiger charge is -2.36. The number of pyridine rings is 1. The van der Waals surface area contributed by atoms with Gasteiger partial charge in [-0.15, -0.1) is 0 Å². The first kappa shape index (κ1) is 20.6. The first-order chi connectivity index (χ1) is 14.5. The van der Waals surface area contributed by atoms with Gasteiger partial charge in [-0.25, -0.2) is 0 Å². The standard InChI is InChI=1S/C25H31N3O2/c1-4-28(5-2)24(29)22-9-8-19(17-27-22)21-16-25(11-6-13-26-14-12-25)30-23-10-7-18(3)15-20(21)23/h7-10,15-17,26H,4-6,11-14H2,1-3H3. The number of fused-ring (bicyclic) bond motifs is 1. The number of nitrogens with one attached hydrogen (secondary N) is 1. The van der Waals surface area contributed by atoms with Gasteiger partial charge in [0.1, 0.15) is 17.0 Å². The maximum atomic E-state index is 12.6. The highest BCUT2D eigenvalue weighted by molar-refractivity contribution is 5.93. The summed E-state index contributed by atoms with van der Waals surface area (Å²) in [6.07, 6.45) is 7.15. The molecule has 1 aromatic heterocycles. The molecule has 5 nitrogen and oxygen atoms in total. The second-order valence-corrected chi connectivity index (χ2v) is 8.24. The van der Waals surface area contributed by atoms with Crippen molar-refractivity contribution in [1.29, 1.82) is 0 Å². The largest absolute Gasteiger partial charge is 0.482 e. The van der Waals surface area contributed by atoms with Crippen molar-refractivity contribution >= 4 is 11.5 Å². The van der Waals surface area contributed by atoms with Gasteiger partial charge in [-0.2, -0.15) is 0 Å². The van der Waals surface area contributed by atoms with Crippen LogP contribution < -0.4 is 10.1 Å². The van der Waals surface area contributed by atoms with Gasteiger partial charge in [0.25, 0.3) is 5.91 Å². The van der Waals surface area contributed by atoms with E-state index in [4.69, 9.17) is 4.74 Å². The lowest BCUT2D eigenvalue weighted by Crippen LogP contribution is -2.37. The molecule has 0 bridgehead atoms. The van der Waals surface area contributed by atoms with E-state index in [2.05, 4.69) is 41.5 Å². The maximum absolute atomic E-state index is 12.6. The molecule has 1 spiro atoms. The third-order valence-corrected chi connectivity index (χ3v) is 6.17. The zero-order chi connectivity index (χ0) is 21.1. The van der Waals surface area contributed by atoms with Crippen LogP contribution in [0.15, 0.2) is 42.6 Å². The number of hydrogen-bond donors (Lipinski definition) is 1. The van der Waals surface area contributed by atoms with Gasteiger partial charge in [-0.05, 0) is 76.6 Å². The summed E-state index contributed by atoms with van der Waals surface area (Å²) in [5, 5.41) is 3.48. The van der Waals surface area contributed by atoms with Gasteiger partial charge in [0.2, 0.25) is 0 Å². The average molecular weight is 406 g/mol. The van der Waals surface area contributed by atoms with Crippen LogP contribution in [0.4, 0.5) is 0 Å². The molecule has 1 unspecified atom stereocenters. The third kappa shape index (κ3) is 3.99. The Labute approximate surface area is 179 Å². The molecule has 1 N–H and O–H groups in total. The zero-order valence-electron chi connectivity index (χ0n) is 18.2. The highest BCUT2D eigenvalue weighted by atomic mass is 16.5. The Morgan fingerprint density at radius 3 is 2.73 bits per heavy atom. The molecule has 4 rings (SSSR count). The molecule has 2 aliphatic rings. The van der Waals surface area contributed by atoms with Crippen LogP contribution >= 0.6 is 0 Å². The second kappa shape index (κ2) is 8.60. The van der Waals surface area contributed by atoms with E-state index >= 15 is 0 Å². The van der Waals surface area contributed by atoms with Gasteiger partial charge < -0.3 is 15.0 Å². The quantitative estimate of drug-likeness (QED) is 0.828. The summed E-state index contributed by atoms with van der Waals surface area (Å²) in [7, 11) is 0. The van der Waals surface area contributed by atoms with E-state index in [1.54, 1.807) is 4.90 Å². The van der Waals surface area contributed by atoms with E-state index in [9.17, 15) is 4.79 Å². The molecule has 0 saturated carbocycles. The third-order valence-electron chi connectivity index (χ3n) is 6.17. The van der Waals surface area contributed by atoms with E-state index < -0.39 is 0 Å². The Morgan fingerprint density at radius 1 is 1.17 bits per heavy atom. The highest BCUT2D eigenvalue weighted by Crippen LogP contribution is 2.43. The van der Waals surface area contributed by atoms with Crippen LogP contribution in [0.5, 0.6) is 5.75 Å². The molecule has 2 aliphatic heterocycles. The van der Waals surface area contributed by atoms with Gasteiger partial charge in [-0.1, -0.05) is 17.7 Å². The number of nitrogens with zero attached hydrogens (tertiary/aromatic N) is 2. The molecule has 1 saturated heterocycles. The normalized spacial score (nSPS) is 20.7. The second-order valence-electron chi connectivity index (χ2n) is 8.24. The van der Waals surface area contributed by atoms with Crippen LogP contribution in [0.25, 0.3) is 5.57 Å². The predicted octanol–water partition coefficient (Wildman–Crippen LogP) is 4.21. The highest BCUT2D eigenvalue weighted by Gasteiger charge is 2.36. The molecular weight excluding hydrogens is 374 g/mol. The molecule has 5 heteroatoms. The van der Waals surface area contributed by atoms with E-state index in [-0.39, 0.29) is 11.5 Å². The van der Waals surface area contributed by atoms with E-state index in [1.807, 2.05) is 32.2 Å². The van der Waals surface area contributed by atoms with Crippen molar-refractivity contribution in [2.24, 2.45) is 0 Å². The zero-order valence-corrected chi connectivity index (χ0v) is 18.2. The lowest BCUT2D eigenvalue weighted by atomic mass is 9.84. The number of ether oxygens (including phenoxy) is 1. The van der Waals surface area contributed by atoms with Crippen LogP contribution in [-0.4, -0.2) is 47.6 Å². The summed E-state index contributed by atoms with van der Waals surface area (Å²) < 4.78 is 6.57. The number of carbonyl (C=O) groups excluding carboxylic acids is 1. The summed E-state index contributed by atoms with van der Waals surface area (Å²) in [6.45, 7) is 9.42. The molecule has 1 aromatic carbocycles. The fraction of sp³-hybridized carbons (Fsp3) is 0.440. The number of hydrogen-bond acceptors (Lipinski definition) is 4. The first-order valence-electron chi connectivity index (χ1n) is 11.0. The van der Waals surface area contributed by atoms with Crippen molar-refractivity contribution in [3.8, 4) is 5.75 Å². The Morgan fingerprint density at radius 2 is 2.00 bits per heavy atom. The summed E-state index contributed by atoms with van der Waals surface area (Å²) in [5.41, 5.74) is 4.67. The van der Waals surface area contributed by atoms with Crippen LogP contribution in [-0.2, 0) is 0 Å². The molecule has 158 valence electrons. The van der Waals surface area contributed by atoms with Gasteiger partial charge in [0.05, 0.1) is 0 Å². The fourth-order valence-corrected chi connectivity index (χ4v) is 4.43. The number of amides is 1. The minimum absolute atomic E-state index is 0.0185. The van der Waals surface area contributed by atoms with Gasteiger partial charge in [0, 0.05) is 36.8 Å². The summed E-state index contributed by atoms with van der Waals surface area (Å²) in [4.78, 5) is 19.0. The minimum atomic E-state index is -0.295. The number of aromatic nitrogens is 1. The molecule has 3 heterocycles. The van der Waals surface area contributed by atoms with Crippen molar-refractivity contribution in [1.82, 2.24) is 15.2 Å². The molecular formula is C25H31N3O2. The fourth-order valence-electron chi connectivity index (χ4n) is 4.43. The number of aryl methyl sites for hydroxylation is 1. The van der Waals surface area contributed by atoms with E-state index in [0.29, 0.717) is 18.8 Å². The Hall–Kier alpha value is -2.66. The van der Waals surface area contributed by atoms with Crippen molar-refractivity contribution in [3.05, 3.63) is 65.0 Å². The monoisotopic (exact) mass is 405 g/mol. The molecule has 30 heavy (non-hydrogen) atoms. The minimum Gasteiger partial charge on any atom is -0.482 e. The molecule has 2 aromatic rings. The Bertz CT molecular complexity index is 937. The number of benzene rings is 1. The van der Waals surface area contributed by atoms with Gasteiger partial charge in [-0.3, -0.25) is 9.78 Å². The summed E-state index contributed by atoms with van der Waals surface area (Å²) in [6, 6.07) is 10.2. The maximum Gasteiger partial charge on any atom is 0.272 e. The number of carbonyl (C=O) groups is 1. The summed E-state index contributed by atoms with van der Waals surface area (Å²) >= 11 is 0. The van der Waals surface area contributed by atoms with Crippen LogP contribution in [0.3, 0.4) is 0 Å². The summed E-state index contributed by atoms with van der Waals surface area (Å²) in [5.74, 6) is 0.915. The first-order valence-corrected chi connectivity index (χ1v) is 11.0. The van der Waals surface area contributed by atoms with Crippen molar-refractivity contribution < 1.29 is 9.53 Å². The number of rotatable bonds is 4. The Kier molecular flexibility index (Phi) is 5.91. The van der Waals surface area contributed by atoms with Crippen molar-refractivity contribution in [3.63, 3.8) is 0 Å². The topological polar surface area (TPSA) is 54.5 Å². The van der Waals surface area contributed by atoms with Crippen molar-refractivity contribution in [2.45, 2.75) is 45.6 Å². The Balaban J connectivity index is 1.74. The van der Waals surface area contributed by atoms with Crippen molar-refractivity contribution in [2.75, 3.05) is 26.2 Å². The van der Waals surface area contributed by atoms with Gasteiger partial charge in [0.15, 0.2) is 0 Å². The van der Waals surface area contributed by atoms with E-state index in [1.165, 1.54) is 5.56 Å². The smallest absolute Gasteiger partial charge is 0.272 e. The molecule has 1 amide bonds. The van der Waals surface area contributed by atoms with Crippen LogP contribution in [0.2, 0.25) is 0 Å². The van der Waals surface area contributed by atoms with Crippen LogP contribution in [0.1, 0.15) is 60.3 Å². The molecule has 1 atom stereocenters. The molecule has 0 aliphatic carbocycles. The predicted molar refractivity (Wildman–Crippen MR) is 120 cm³/mol. The SMILES string of the molecule is CCN(CC)C(=O)c1ccc(C2=CC3(CCCNCC3)Oc3ccc(C)cc32)cn1. The van der Waals surface area contributed by atoms with Gasteiger partial charge >= 0.3 is 0 Å².